The van der Waals surface area contributed by atoms with E-state index in [4.69, 9.17) is 40.5 Å². The minimum Gasteiger partial charge on any atom is -0.399 e. The number of fused-ring (bicyclic) bond motifs is 1. The Morgan fingerprint density at radius 3 is 2.55 bits per heavy atom. The summed E-state index contributed by atoms with van der Waals surface area (Å²) in [4.78, 5) is 4.46. The van der Waals surface area contributed by atoms with Crippen molar-refractivity contribution in [2.75, 3.05) is 11.1 Å². The van der Waals surface area contributed by atoms with Crippen LogP contribution in [-0.2, 0) is 0 Å². The molecule has 3 nitrogen and oxygen atoms in total. The smallest absolute Gasteiger partial charge is 0.188 e. The molecule has 0 aliphatic carbocycles. The Morgan fingerprint density at radius 2 is 1.75 bits per heavy atom. The minimum atomic E-state index is 0.416. The molecular formula is C13H8Cl3N3S. The van der Waals surface area contributed by atoms with Gasteiger partial charge in [-0.05, 0) is 30.3 Å². The maximum Gasteiger partial charge on any atom is 0.188 e. The molecule has 0 aliphatic rings. The van der Waals surface area contributed by atoms with Crippen molar-refractivity contribution in [1.82, 2.24) is 4.98 Å². The Labute approximate surface area is 134 Å². The Balaban J connectivity index is 1.99. The summed E-state index contributed by atoms with van der Waals surface area (Å²) in [5.74, 6) is 0. The molecule has 3 N–H and O–H groups in total. The highest BCUT2D eigenvalue weighted by Crippen LogP contribution is 2.36. The van der Waals surface area contributed by atoms with Gasteiger partial charge in [0.05, 0.1) is 31.0 Å². The van der Waals surface area contributed by atoms with Gasteiger partial charge in [-0.2, -0.15) is 0 Å². The number of aromatic nitrogens is 1. The van der Waals surface area contributed by atoms with E-state index in [-0.39, 0.29) is 0 Å². The van der Waals surface area contributed by atoms with Crippen molar-refractivity contribution >= 4 is 72.9 Å². The van der Waals surface area contributed by atoms with Crippen LogP contribution >= 0.6 is 46.1 Å². The van der Waals surface area contributed by atoms with Crippen molar-refractivity contribution in [3.8, 4) is 0 Å². The van der Waals surface area contributed by atoms with E-state index in [9.17, 15) is 0 Å². The van der Waals surface area contributed by atoms with E-state index in [1.807, 2.05) is 18.2 Å². The zero-order valence-corrected chi connectivity index (χ0v) is 13.0. The van der Waals surface area contributed by atoms with Crippen LogP contribution in [0.3, 0.4) is 0 Å². The number of nitrogens with zero attached hydrogens (tertiary/aromatic N) is 1. The van der Waals surface area contributed by atoms with E-state index in [2.05, 4.69) is 10.3 Å². The van der Waals surface area contributed by atoms with Gasteiger partial charge in [0.15, 0.2) is 5.13 Å². The lowest BCUT2D eigenvalue weighted by Gasteiger charge is -2.06. The average molecular weight is 345 g/mol. The van der Waals surface area contributed by atoms with Crippen molar-refractivity contribution in [3.05, 3.63) is 45.4 Å². The molecule has 0 amide bonds. The zero-order chi connectivity index (χ0) is 14.3. The summed E-state index contributed by atoms with van der Waals surface area (Å²) >= 11 is 19.5. The lowest BCUT2D eigenvalue weighted by Crippen LogP contribution is -1.90. The first kappa shape index (κ1) is 13.8. The Hall–Kier alpha value is -1.20. The van der Waals surface area contributed by atoms with Crippen molar-refractivity contribution in [3.63, 3.8) is 0 Å². The number of thiazole rings is 1. The van der Waals surface area contributed by atoms with Crippen LogP contribution in [0, 0.1) is 0 Å². The fourth-order valence-electron chi connectivity index (χ4n) is 1.73. The summed E-state index contributed by atoms with van der Waals surface area (Å²) in [6, 6.07) is 8.85. The number of nitrogen functional groups attached to an aromatic ring is 1. The highest BCUT2D eigenvalue weighted by Gasteiger charge is 2.09. The topological polar surface area (TPSA) is 50.9 Å². The number of rotatable bonds is 2. The third kappa shape index (κ3) is 2.65. The van der Waals surface area contributed by atoms with Gasteiger partial charge in [0, 0.05) is 5.69 Å². The van der Waals surface area contributed by atoms with Gasteiger partial charge in [-0.1, -0.05) is 46.1 Å². The van der Waals surface area contributed by atoms with Crippen LogP contribution in [0.1, 0.15) is 0 Å². The summed E-state index contributed by atoms with van der Waals surface area (Å²) in [6.45, 7) is 0. The average Bonchev–Trinajstić information content (AvgIpc) is 2.77. The fraction of sp³-hybridized carbons (Fsp3) is 0. The molecule has 0 saturated carbocycles. The maximum absolute atomic E-state index is 6.13. The van der Waals surface area contributed by atoms with Crippen LogP contribution in [0.15, 0.2) is 30.3 Å². The Morgan fingerprint density at radius 1 is 1.00 bits per heavy atom. The molecule has 3 rings (SSSR count). The molecule has 3 aromatic rings. The SMILES string of the molecule is Nc1ccc2nc(Nc3cc(Cl)c(Cl)cc3Cl)sc2c1. The van der Waals surface area contributed by atoms with Gasteiger partial charge in [-0.3, -0.25) is 0 Å². The van der Waals surface area contributed by atoms with Crippen LogP contribution in [0.2, 0.25) is 15.1 Å². The van der Waals surface area contributed by atoms with Crippen molar-refractivity contribution < 1.29 is 0 Å². The van der Waals surface area contributed by atoms with E-state index >= 15 is 0 Å². The Kier molecular flexibility index (Phi) is 3.65. The number of benzene rings is 2. The number of nitrogens with two attached hydrogens (primary N) is 1. The van der Waals surface area contributed by atoms with Gasteiger partial charge in [0.25, 0.3) is 0 Å². The summed E-state index contributed by atoms with van der Waals surface area (Å²) in [5.41, 5.74) is 8.00. The highest BCUT2D eigenvalue weighted by atomic mass is 35.5. The predicted molar refractivity (Wildman–Crippen MR) is 88.8 cm³/mol. The summed E-state index contributed by atoms with van der Waals surface area (Å²) < 4.78 is 1.00. The molecule has 1 aromatic heterocycles. The van der Waals surface area contributed by atoms with Crippen molar-refractivity contribution in [2.45, 2.75) is 0 Å². The van der Waals surface area contributed by atoms with Crippen LogP contribution < -0.4 is 11.1 Å². The first-order chi connectivity index (χ1) is 9.52. The molecule has 0 atom stereocenters. The number of nitrogens with one attached hydrogen (secondary N) is 1. The van der Waals surface area contributed by atoms with Gasteiger partial charge < -0.3 is 11.1 Å². The van der Waals surface area contributed by atoms with Crippen molar-refractivity contribution in [2.24, 2.45) is 0 Å². The molecule has 0 bridgehead atoms. The summed E-state index contributed by atoms with van der Waals surface area (Å²) in [7, 11) is 0. The fourth-order valence-corrected chi connectivity index (χ4v) is 3.25. The third-order valence-electron chi connectivity index (χ3n) is 2.66. The molecule has 2 aromatic carbocycles. The quantitative estimate of drug-likeness (QED) is 0.471. The number of hydrogen-bond donors (Lipinski definition) is 2. The maximum atomic E-state index is 6.13. The number of anilines is 3. The molecule has 0 unspecified atom stereocenters. The largest absolute Gasteiger partial charge is 0.399 e. The van der Waals surface area contributed by atoms with Gasteiger partial charge in [0.1, 0.15) is 0 Å². The van der Waals surface area contributed by atoms with E-state index in [0.717, 1.165) is 10.2 Å². The van der Waals surface area contributed by atoms with Gasteiger partial charge in [-0.25, -0.2) is 4.98 Å². The highest BCUT2D eigenvalue weighted by molar-refractivity contribution is 7.22. The van der Waals surface area contributed by atoms with E-state index < -0.39 is 0 Å². The molecule has 0 saturated heterocycles. The normalized spacial score (nSPS) is 10.9. The first-order valence-corrected chi connectivity index (χ1v) is 7.55. The molecule has 102 valence electrons. The first-order valence-electron chi connectivity index (χ1n) is 5.60. The predicted octanol–water partition coefficient (Wildman–Crippen LogP) is 5.58. The van der Waals surface area contributed by atoms with Crippen LogP contribution in [-0.4, -0.2) is 4.98 Å². The van der Waals surface area contributed by atoms with Gasteiger partial charge in [0.2, 0.25) is 0 Å². The second-order valence-corrected chi connectivity index (χ2v) is 6.37. The monoisotopic (exact) mass is 343 g/mol. The third-order valence-corrected chi connectivity index (χ3v) is 4.63. The molecule has 20 heavy (non-hydrogen) atoms. The Bertz CT molecular complexity index is 801. The van der Waals surface area contributed by atoms with E-state index in [1.165, 1.54) is 11.3 Å². The molecular weight excluding hydrogens is 337 g/mol. The molecule has 0 fully saturated rings. The molecule has 7 heteroatoms. The van der Waals surface area contributed by atoms with Crippen molar-refractivity contribution in [1.29, 1.82) is 0 Å². The number of hydrogen-bond acceptors (Lipinski definition) is 4. The zero-order valence-electron chi connectivity index (χ0n) is 9.95. The molecule has 0 aliphatic heterocycles. The molecule has 1 heterocycles. The van der Waals surface area contributed by atoms with Crippen LogP contribution in [0.4, 0.5) is 16.5 Å². The van der Waals surface area contributed by atoms with E-state index in [1.54, 1.807) is 12.1 Å². The van der Waals surface area contributed by atoms with Gasteiger partial charge in [-0.15, -0.1) is 0 Å². The van der Waals surface area contributed by atoms with Crippen LogP contribution in [0.25, 0.3) is 10.2 Å². The summed E-state index contributed by atoms with van der Waals surface area (Å²) in [5, 5.41) is 5.19. The molecule has 0 radical (unpaired) electrons. The number of halogens is 3. The van der Waals surface area contributed by atoms with Crippen LogP contribution in [0.5, 0.6) is 0 Å². The lowest BCUT2D eigenvalue weighted by molar-refractivity contribution is 1.44. The molecule has 0 spiro atoms. The standard InChI is InChI=1S/C13H8Cl3N3S/c14-7-4-9(16)11(5-8(7)15)19-13-18-10-2-1-6(17)3-12(10)20-13/h1-5H,17H2,(H,18,19). The lowest BCUT2D eigenvalue weighted by atomic mass is 10.3. The summed E-state index contributed by atoms with van der Waals surface area (Å²) in [6.07, 6.45) is 0. The van der Waals surface area contributed by atoms with Gasteiger partial charge >= 0.3 is 0 Å². The second kappa shape index (κ2) is 5.30. The second-order valence-electron chi connectivity index (χ2n) is 4.12. The van der Waals surface area contributed by atoms with E-state index in [0.29, 0.717) is 31.6 Å². The minimum absolute atomic E-state index is 0.416.